The Labute approximate surface area is 253 Å². The predicted molar refractivity (Wildman–Crippen MR) is 168 cm³/mol. The Balaban J connectivity index is 1.21. The van der Waals surface area contributed by atoms with Gasteiger partial charge in [0.15, 0.2) is 5.82 Å². The van der Waals surface area contributed by atoms with Crippen LogP contribution in [0.3, 0.4) is 0 Å². The van der Waals surface area contributed by atoms with Crippen molar-refractivity contribution in [1.29, 1.82) is 0 Å². The molecule has 5 rings (SSSR count). The number of aromatic nitrogens is 2. The molecule has 1 fully saturated rings. The Kier molecular flexibility index (Phi) is 10.4. The summed E-state index contributed by atoms with van der Waals surface area (Å²) in [6, 6.07) is 27.6. The van der Waals surface area contributed by atoms with Gasteiger partial charge in [0.2, 0.25) is 5.78 Å². The lowest BCUT2D eigenvalue weighted by Crippen LogP contribution is -2.39. The second kappa shape index (κ2) is 14.6. The van der Waals surface area contributed by atoms with Crippen LogP contribution in [0.5, 0.6) is 0 Å². The van der Waals surface area contributed by atoms with E-state index in [0.29, 0.717) is 30.9 Å². The number of piperidine rings is 1. The highest BCUT2D eigenvalue weighted by atomic mass is 17.1. The van der Waals surface area contributed by atoms with E-state index in [4.69, 9.17) is 4.98 Å². The minimum Gasteiger partial charge on any atom is -0.341 e. The molecule has 2 unspecified atom stereocenters. The molecule has 226 valence electrons. The van der Waals surface area contributed by atoms with Crippen molar-refractivity contribution in [1.82, 2.24) is 19.4 Å². The van der Waals surface area contributed by atoms with Gasteiger partial charge >= 0.3 is 0 Å². The Hall–Kier alpha value is -3.85. The Bertz CT molecular complexity index is 1480. The third-order valence-electron chi connectivity index (χ3n) is 8.75. The molecule has 4 aromatic rings. The van der Waals surface area contributed by atoms with Crippen LogP contribution in [0.1, 0.15) is 65.1 Å². The molecular weight excluding hydrogens is 540 g/mol. The maximum absolute atomic E-state index is 13.8. The maximum atomic E-state index is 13.8. The van der Waals surface area contributed by atoms with E-state index in [2.05, 4.69) is 34.1 Å². The molecule has 0 bridgehead atoms. The van der Waals surface area contributed by atoms with Crippen LogP contribution in [-0.4, -0.2) is 75.6 Å². The normalized spacial score (nSPS) is 15.8. The van der Waals surface area contributed by atoms with Crippen LogP contribution in [-0.2, 0) is 11.4 Å². The monoisotopic (exact) mass is 582 g/mol. The first-order valence-corrected chi connectivity index (χ1v) is 15.4. The largest absolute Gasteiger partial charge is 0.341 e. The predicted octanol–water partition coefficient (Wildman–Crippen LogP) is 6.15. The first kappa shape index (κ1) is 30.6. The van der Waals surface area contributed by atoms with E-state index in [1.165, 1.54) is 5.56 Å². The fraction of sp³-hybridized carbons (Fsp3) is 0.400. The van der Waals surface area contributed by atoms with Crippen LogP contribution in [0.25, 0.3) is 11.0 Å². The van der Waals surface area contributed by atoms with Crippen molar-refractivity contribution in [3.63, 3.8) is 0 Å². The topological polar surface area (TPSA) is 87.9 Å². The third kappa shape index (κ3) is 7.39. The summed E-state index contributed by atoms with van der Waals surface area (Å²) in [6.07, 6.45) is 2.68. The van der Waals surface area contributed by atoms with Gasteiger partial charge < -0.3 is 14.4 Å². The standard InChI is InChI=1S/C35H42N4O4/c1-3-30(43-42)25-39-32-17-11-10-16-31(32)36-34(39)33(40)27-18-21-38(22-19-27)23-20-29(26-12-6-4-7-13-26)24-37(2)35(41)28-14-8-5-9-15-28/h4-17,27,29-30,42H,3,18-25H2,1-2H3. The first-order valence-electron chi connectivity index (χ1n) is 15.4. The minimum absolute atomic E-state index is 0.0303. The summed E-state index contributed by atoms with van der Waals surface area (Å²) < 4.78 is 1.91. The number of carbonyl (C=O) groups excluding carboxylic acids is 2. The number of likely N-dealkylation sites (tertiary alicyclic amines) is 1. The van der Waals surface area contributed by atoms with Crippen molar-refractivity contribution in [3.8, 4) is 0 Å². The minimum atomic E-state index is -0.411. The zero-order chi connectivity index (χ0) is 30.2. The summed E-state index contributed by atoms with van der Waals surface area (Å²) in [7, 11) is 1.88. The number of Topliss-reactive ketones (excluding diaryl/α,β-unsaturated/α-hetero) is 1. The lowest BCUT2D eigenvalue weighted by Gasteiger charge is -2.33. The van der Waals surface area contributed by atoms with Crippen LogP contribution >= 0.6 is 0 Å². The molecule has 1 aliphatic rings. The molecule has 2 heterocycles. The van der Waals surface area contributed by atoms with Gasteiger partial charge in [-0.3, -0.25) is 14.8 Å². The molecule has 1 amide bonds. The van der Waals surface area contributed by atoms with Crippen molar-refractivity contribution in [3.05, 3.63) is 102 Å². The number of hydrogen-bond donors (Lipinski definition) is 1. The molecule has 8 heteroatoms. The molecule has 2 atom stereocenters. The summed E-state index contributed by atoms with van der Waals surface area (Å²) in [6.45, 7) is 5.54. The van der Waals surface area contributed by atoms with Crippen molar-refractivity contribution >= 4 is 22.7 Å². The highest BCUT2D eigenvalue weighted by Crippen LogP contribution is 2.27. The van der Waals surface area contributed by atoms with Crippen LogP contribution in [0.15, 0.2) is 84.9 Å². The van der Waals surface area contributed by atoms with Crippen molar-refractivity contribution in [2.24, 2.45) is 5.92 Å². The van der Waals surface area contributed by atoms with Gasteiger partial charge in [-0.05, 0) is 75.1 Å². The number of rotatable bonds is 13. The number of hydrogen-bond acceptors (Lipinski definition) is 6. The average Bonchev–Trinajstić information content (AvgIpc) is 3.43. The number of likely N-dealkylation sites (N-methyl/N-ethyl adjacent to an activating group) is 1. The van der Waals surface area contributed by atoms with Crippen molar-refractivity contribution < 1.29 is 19.7 Å². The average molecular weight is 583 g/mol. The second-order valence-corrected chi connectivity index (χ2v) is 11.6. The van der Waals surface area contributed by atoms with Crippen molar-refractivity contribution in [2.75, 3.05) is 33.2 Å². The molecule has 0 saturated carbocycles. The quantitative estimate of drug-likeness (QED) is 0.116. The van der Waals surface area contributed by atoms with Gasteiger partial charge in [0.05, 0.1) is 17.6 Å². The lowest BCUT2D eigenvalue weighted by molar-refractivity contribution is -0.281. The molecule has 1 aromatic heterocycles. The van der Waals surface area contributed by atoms with Gasteiger partial charge in [0.1, 0.15) is 6.10 Å². The zero-order valence-corrected chi connectivity index (χ0v) is 25.1. The molecule has 1 N–H and O–H groups in total. The molecule has 1 aliphatic heterocycles. The van der Waals surface area contributed by atoms with Crippen LogP contribution in [0, 0.1) is 5.92 Å². The van der Waals surface area contributed by atoms with E-state index in [1.54, 1.807) is 0 Å². The van der Waals surface area contributed by atoms with E-state index in [1.807, 2.05) is 84.1 Å². The number of nitrogens with zero attached hydrogens (tertiary/aromatic N) is 4. The zero-order valence-electron chi connectivity index (χ0n) is 25.1. The Morgan fingerprint density at radius 3 is 2.30 bits per heavy atom. The molecule has 0 aliphatic carbocycles. The third-order valence-corrected chi connectivity index (χ3v) is 8.75. The number of para-hydroxylation sites is 2. The van der Waals surface area contributed by atoms with E-state index in [-0.39, 0.29) is 23.5 Å². The molecule has 0 radical (unpaired) electrons. The van der Waals surface area contributed by atoms with E-state index < -0.39 is 6.10 Å². The number of fused-ring (bicyclic) bond motifs is 1. The van der Waals surface area contributed by atoms with Gasteiger partial charge in [-0.1, -0.05) is 67.6 Å². The van der Waals surface area contributed by atoms with Gasteiger partial charge in [-0.2, -0.15) is 0 Å². The number of amides is 1. The number of imidazole rings is 1. The molecule has 8 nitrogen and oxygen atoms in total. The van der Waals surface area contributed by atoms with Gasteiger partial charge in [0.25, 0.3) is 5.91 Å². The Morgan fingerprint density at radius 1 is 0.977 bits per heavy atom. The molecular formula is C35H42N4O4. The molecule has 3 aromatic carbocycles. The fourth-order valence-corrected chi connectivity index (χ4v) is 6.13. The summed E-state index contributed by atoms with van der Waals surface area (Å²) >= 11 is 0. The van der Waals surface area contributed by atoms with E-state index >= 15 is 0 Å². The van der Waals surface area contributed by atoms with Gasteiger partial charge in [-0.25, -0.2) is 9.87 Å². The van der Waals surface area contributed by atoms with Gasteiger partial charge in [-0.15, -0.1) is 0 Å². The van der Waals surface area contributed by atoms with Crippen molar-refractivity contribution in [2.45, 2.75) is 51.2 Å². The van der Waals surface area contributed by atoms with E-state index in [9.17, 15) is 14.8 Å². The highest BCUT2D eigenvalue weighted by molar-refractivity contribution is 5.98. The molecule has 43 heavy (non-hydrogen) atoms. The fourth-order valence-electron chi connectivity index (χ4n) is 6.13. The van der Waals surface area contributed by atoms with E-state index in [0.717, 1.165) is 49.9 Å². The maximum Gasteiger partial charge on any atom is 0.253 e. The summed E-state index contributed by atoms with van der Waals surface area (Å²) in [5.41, 5.74) is 3.59. The summed E-state index contributed by atoms with van der Waals surface area (Å²) in [5, 5.41) is 9.35. The van der Waals surface area contributed by atoms with Crippen LogP contribution in [0.2, 0.25) is 0 Å². The SMILES string of the molecule is CCC(Cn1c(C(=O)C2CCN(CCC(CN(C)C(=O)c3ccccc3)c3ccccc3)CC2)nc2ccccc21)OO. The number of ketones is 1. The van der Waals surface area contributed by atoms with Crippen LogP contribution < -0.4 is 0 Å². The Morgan fingerprint density at radius 2 is 1.63 bits per heavy atom. The highest BCUT2D eigenvalue weighted by Gasteiger charge is 2.30. The molecule has 0 spiro atoms. The summed E-state index contributed by atoms with van der Waals surface area (Å²) in [4.78, 5) is 40.5. The second-order valence-electron chi connectivity index (χ2n) is 11.6. The lowest BCUT2D eigenvalue weighted by atomic mass is 9.90. The smallest absolute Gasteiger partial charge is 0.253 e. The number of benzene rings is 3. The van der Waals surface area contributed by atoms with Crippen LogP contribution in [0.4, 0.5) is 0 Å². The summed E-state index contributed by atoms with van der Waals surface area (Å²) in [5.74, 6) is 0.653. The number of carbonyl (C=O) groups is 2. The van der Waals surface area contributed by atoms with Gasteiger partial charge in [0, 0.05) is 31.0 Å². The molecule has 1 saturated heterocycles. The first-order chi connectivity index (χ1) is 21.0.